The van der Waals surface area contributed by atoms with E-state index in [1.165, 1.54) is 12.1 Å². The van der Waals surface area contributed by atoms with Crippen LogP contribution in [0.15, 0.2) is 35.4 Å². The second-order valence-electron chi connectivity index (χ2n) is 6.22. The van der Waals surface area contributed by atoms with Crippen LogP contribution in [0.3, 0.4) is 0 Å². The predicted molar refractivity (Wildman–Crippen MR) is 104 cm³/mol. The van der Waals surface area contributed by atoms with Gasteiger partial charge in [0.1, 0.15) is 5.02 Å². The average molecular weight is 403 g/mol. The van der Waals surface area contributed by atoms with Crippen molar-refractivity contribution >= 4 is 40.7 Å². The van der Waals surface area contributed by atoms with Gasteiger partial charge in [-0.3, -0.25) is 10.1 Å². The first-order valence-electron chi connectivity index (χ1n) is 8.10. The van der Waals surface area contributed by atoms with E-state index >= 15 is 0 Å². The monoisotopic (exact) mass is 402 g/mol. The van der Waals surface area contributed by atoms with Gasteiger partial charge >= 0.3 is 0 Å². The summed E-state index contributed by atoms with van der Waals surface area (Å²) in [5, 5.41) is 17.3. The molecule has 2 aliphatic rings. The first kappa shape index (κ1) is 17.7. The second kappa shape index (κ2) is 6.79. The van der Waals surface area contributed by atoms with Gasteiger partial charge in [0.05, 0.1) is 16.7 Å². The topological polar surface area (TPSA) is 77.2 Å². The van der Waals surface area contributed by atoms with Gasteiger partial charge in [0, 0.05) is 17.2 Å². The Kier molecular flexibility index (Phi) is 4.45. The molecule has 0 saturated heterocycles. The molecular formula is C18H13ClN3O4S. The van der Waals surface area contributed by atoms with Crippen LogP contribution in [0.5, 0.6) is 11.5 Å². The molecule has 0 fully saturated rings. The lowest BCUT2D eigenvalue weighted by Crippen LogP contribution is -2.27. The highest BCUT2D eigenvalue weighted by Gasteiger charge is 2.27. The Labute approximate surface area is 165 Å². The quantitative estimate of drug-likeness (QED) is 0.441. The third kappa shape index (κ3) is 3.11. The molecule has 0 unspecified atom stereocenters. The van der Waals surface area contributed by atoms with Gasteiger partial charge in [-0.05, 0) is 43.2 Å². The Morgan fingerprint density at radius 2 is 2.07 bits per heavy atom. The van der Waals surface area contributed by atoms with E-state index in [1.54, 1.807) is 11.1 Å². The molecule has 2 heterocycles. The normalized spacial score (nSPS) is 17.8. The fourth-order valence-electron chi connectivity index (χ4n) is 3.16. The molecule has 137 valence electrons. The zero-order valence-corrected chi connectivity index (χ0v) is 15.7. The van der Waals surface area contributed by atoms with Gasteiger partial charge in [0.2, 0.25) is 6.79 Å². The summed E-state index contributed by atoms with van der Waals surface area (Å²) in [6.07, 6.45) is 0.670. The molecule has 0 spiro atoms. The number of rotatable bonds is 3. The zero-order valence-electron chi connectivity index (χ0n) is 14.1. The van der Waals surface area contributed by atoms with Gasteiger partial charge in [0.15, 0.2) is 17.0 Å². The minimum atomic E-state index is -0.522. The number of halogens is 1. The van der Waals surface area contributed by atoms with Crippen LogP contribution < -0.4 is 9.47 Å². The standard InChI is InChI=1S/C18H13ClN3O4S/c1-10-4-12-6-16-17(26-9-25-16)7-13(12)18(20-21(10)8-27)11-2-3-15(22(23)24)14(19)5-11/h2-3,5-7,10H,4,9H2,1H3/t10-/m1/s1. The molecule has 0 aliphatic carbocycles. The van der Waals surface area contributed by atoms with Crippen LogP contribution in [0.4, 0.5) is 5.69 Å². The number of hydrogen-bond acceptors (Lipinski definition) is 6. The summed E-state index contributed by atoms with van der Waals surface area (Å²) in [6, 6.07) is 8.30. The number of nitrogens with zero attached hydrogens (tertiary/aromatic N) is 3. The van der Waals surface area contributed by atoms with Crippen molar-refractivity contribution in [3.05, 3.63) is 62.2 Å². The van der Waals surface area contributed by atoms with Gasteiger partial charge in [-0.15, -0.1) is 0 Å². The Balaban J connectivity index is 1.91. The molecule has 9 heteroatoms. The van der Waals surface area contributed by atoms with Crippen molar-refractivity contribution in [3.8, 4) is 11.5 Å². The number of fused-ring (bicyclic) bond motifs is 2. The number of ether oxygens (including phenoxy) is 2. The van der Waals surface area contributed by atoms with E-state index < -0.39 is 4.92 Å². The third-order valence-corrected chi connectivity index (χ3v) is 5.00. The molecule has 0 saturated carbocycles. The van der Waals surface area contributed by atoms with E-state index in [0.717, 1.165) is 11.1 Å². The minimum Gasteiger partial charge on any atom is -0.454 e. The Hall–Kier alpha value is -2.71. The molecular weight excluding hydrogens is 390 g/mol. The third-order valence-electron chi connectivity index (χ3n) is 4.51. The Bertz CT molecular complexity index is 995. The van der Waals surface area contributed by atoms with E-state index in [9.17, 15) is 10.1 Å². The Morgan fingerprint density at radius 1 is 1.33 bits per heavy atom. The lowest BCUT2D eigenvalue weighted by Gasteiger charge is -2.18. The zero-order chi connectivity index (χ0) is 19.1. The highest BCUT2D eigenvalue weighted by Crippen LogP contribution is 2.38. The van der Waals surface area contributed by atoms with E-state index in [2.05, 4.69) is 10.6 Å². The van der Waals surface area contributed by atoms with Crippen LogP contribution >= 0.6 is 23.8 Å². The number of hydrogen-bond donors (Lipinski definition) is 0. The summed E-state index contributed by atoms with van der Waals surface area (Å²) in [5.41, 5.74) is 5.56. The number of nitro groups is 1. The fourth-order valence-corrected chi connectivity index (χ4v) is 3.63. The molecule has 1 atom stereocenters. The van der Waals surface area contributed by atoms with Crippen molar-refractivity contribution in [2.45, 2.75) is 19.4 Å². The number of benzene rings is 2. The van der Waals surface area contributed by atoms with Crippen molar-refractivity contribution in [3.63, 3.8) is 0 Å². The second-order valence-corrected chi connectivity index (χ2v) is 6.81. The summed E-state index contributed by atoms with van der Waals surface area (Å²) in [7, 11) is 0. The smallest absolute Gasteiger partial charge is 0.287 e. The first-order valence-corrected chi connectivity index (χ1v) is 8.89. The van der Waals surface area contributed by atoms with Crippen LogP contribution in [0.2, 0.25) is 5.02 Å². The summed E-state index contributed by atoms with van der Waals surface area (Å²) in [4.78, 5) is 10.5. The number of hydrazone groups is 1. The molecule has 2 aromatic carbocycles. The fraction of sp³-hybridized carbons (Fsp3) is 0.222. The van der Waals surface area contributed by atoms with E-state index in [4.69, 9.17) is 33.3 Å². The molecule has 2 aromatic rings. The van der Waals surface area contributed by atoms with E-state index in [1.807, 2.05) is 19.1 Å². The molecule has 0 N–H and O–H groups in total. The molecule has 27 heavy (non-hydrogen) atoms. The van der Waals surface area contributed by atoms with Crippen LogP contribution in [-0.2, 0) is 6.42 Å². The molecule has 0 amide bonds. The summed E-state index contributed by atoms with van der Waals surface area (Å²) < 4.78 is 11.0. The Morgan fingerprint density at radius 3 is 2.74 bits per heavy atom. The largest absolute Gasteiger partial charge is 0.454 e. The maximum Gasteiger partial charge on any atom is 0.287 e. The molecule has 4 rings (SSSR count). The average Bonchev–Trinajstić information content (AvgIpc) is 3.03. The molecule has 0 aromatic heterocycles. The lowest BCUT2D eigenvalue weighted by atomic mass is 9.94. The van der Waals surface area contributed by atoms with Crippen LogP contribution in [0.25, 0.3) is 0 Å². The van der Waals surface area contributed by atoms with E-state index in [-0.39, 0.29) is 23.5 Å². The predicted octanol–water partition coefficient (Wildman–Crippen LogP) is 3.81. The number of thiocarbonyl (C=S) groups is 1. The van der Waals surface area contributed by atoms with Crippen molar-refractivity contribution in [1.29, 1.82) is 0 Å². The lowest BCUT2D eigenvalue weighted by molar-refractivity contribution is -0.384. The van der Waals surface area contributed by atoms with Crippen LogP contribution in [0.1, 0.15) is 23.6 Å². The van der Waals surface area contributed by atoms with Gasteiger partial charge < -0.3 is 9.47 Å². The maximum absolute atomic E-state index is 11.1. The maximum atomic E-state index is 11.1. The molecule has 0 bridgehead atoms. The van der Waals surface area contributed by atoms with E-state index in [0.29, 0.717) is 29.2 Å². The van der Waals surface area contributed by atoms with Gasteiger partial charge in [0.25, 0.3) is 5.69 Å². The highest BCUT2D eigenvalue weighted by molar-refractivity contribution is 7.78. The SMILES string of the molecule is C[C@@H]1Cc2cc3c(cc2C(c2ccc([N+](=O)[O-])c(Cl)c2)=NN1[C]=S)OCO3. The molecule has 7 nitrogen and oxygen atoms in total. The minimum absolute atomic E-state index is 0.0207. The van der Waals surface area contributed by atoms with Crippen LogP contribution in [0, 0.1) is 10.1 Å². The van der Waals surface area contributed by atoms with Gasteiger partial charge in [-0.1, -0.05) is 23.8 Å². The summed E-state index contributed by atoms with van der Waals surface area (Å²) in [6.45, 7) is 2.16. The molecule has 1 radical (unpaired) electrons. The van der Waals surface area contributed by atoms with Gasteiger partial charge in [-0.2, -0.15) is 5.10 Å². The summed E-state index contributed by atoms with van der Waals surface area (Å²) in [5.74, 6) is 1.31. The number of nitro benzene ring substituents is 1. The first-order chi connectivity index (χ1) is 13.0. The molecule has 2 aliphatic heterocycles. The van der Waals surface area contributed by atoms with Crippen molar-refractivity contribution in [2.75, 3.05) is 6.79 Å². The van der Waals surface area contributed by atoms with Crippen LogP contribution in [-0.4, -0.2) is 34.0 Å². The van der Waals surface area contributed by atoms with Crippen molar-refractivity contribution in [1.82, 2.24) is 5.01 Å². The van der Waals surface area contributed by atoms with Crippen molar-refractivity contribution in [2.24, 2.45) is 5.10 Å². The summed E-state index contributed by atoms with van der Waals surface area (Å²) >= 11 is 11.1. The highest BCUT2D eigenvalue weighted by atomic mass is 35.5. The van der Waals surface area contributed by atoms with Crippen molar-refractivity contribution < 1.29 is 14.4 Å². The van der Waals surface area contributed by atoms with Gasteiger partial charge in [-0.25, -0.2) is 5.01 Å².